The quantitative estimate of drug-likeness (QED) is 0.348. The van der Waals surface area contributed by atoms with Gasteiger partial charge in [0.25, 0.3) is 0 Å². The third-order valence-electron chi connectivity index (χ3n) is 2.49. The van der Waals surface area contributed by atoms with E-state index >= 15 is 0 Å². The largest absolute Gasteiger partial charge is 1.00 e. The Labute approximate surface area is 124 Å². The van der Waals surface area contributed by atoms with Gasteiger partial charge in [0.2, 0.25) is 0 Å². The van der Waals surface area contributed by atoms with E-state index in [1.807, 2.05) is 0 Å². The van der Waals surface area contributed by atoms with Crippen molar-refractivity contribution < 1.29 is 35.8 Å². The smallest absolute Gasteiger partial charge is 1.00 e. The van der Waals surface area contributed by atoms with Crippen LogP contribution in [0.4, 0.5) is 0 Å². The Morgan fingerprint density at radius 2 is 1.33 bits per heavy atom. The SMILES string of the molecule is CCCCCCCCCCCC(=O)S.[H-].[Na+]. The first kappa shape index (κ1) is 18.4. The summed E-state index contributed by atoms with van der Waals surface area (Å²) in [7, 11) is 0. The molecular formula is C12H25NaOS. The zero-order valence-electron chi connectivity index (χ0n) is 11.4. The van der Waals surface area contributed by atoms with Crippen molar-refractivity contribution in [3.05, 3.63) is 0 Å². The molecule has 15 heavy (non-hydrogen) atoms. The van der Waals surface area contributed by atoms with E-state index in [4.69, 9.17) is 0 Å². The Hall–Kier alpha value is 1.02. The summed E-state index contributed by atoms with van der Waals surface area (Å²) < 4.78 is 0. The van der Waals surface area contributed by atoms with E-state index in [0.29, 0.717) is 6.42 Å². The fraction of sp³-hybridized carbons (Fsp3) is 0.917. The molecule has 3 heteroatoms. The van der Waals surface area contributed by atoms with E-state index in [1.54, 1.807) is 0 Å². The van der Waals surface area contributed by atoms with Crippen molar-refractivity contribution in [3.63, 3.8) is 0 Å². The monoisotopic (exact) mass is 240 g/mol. The third kappa shape index (κ3) is 17.6. The van der Waals surface area contributed by atoms with Gasteiger partial charge in [0.1, 0.15) is 0 Å². The van der Waals surface area contributed by atoms with Crippen LogP contribution in [0.2, 0.25) is 0 Å². The third-order valence-corrected chi connectivity index (χ3v) is 2.72. The van der Waals surface area contributed by atoms with Crippen molar-refractivity contribution in [1.82, 2.24) is 0 Å². The molecule has 0 aliphatic rings. The Morgan fingerprint density at radius 1 is 0.933 bits per heavy atom. The molecule has 0 aliphatic heterocycles. The molecule has 0 unspecified atom stereocenters. The number of unbranched alkanes of at least 4 members (excludes halogenated alkanes) is 8. The molecule has 0 heterocycles. The van der Waals surface area contributed by atoms with Gasteiger partial charge in [0, 0.05) is 6.42 Å². The van der Waals surface area contributed by atoms with Gasteiger partial charge in [-0.2, -0.15) is 0 Å². The van der Waals surface area contributed by atoms with Gasteiger partial charge in [0.15, 0.2) is 5.12 Å². The second-order valence-corrected chi connectivity index (χ2v) is 4.47. The summed E-state index contributed by atoms with van der Waals surface area (Å²) in [6, 6.07) is 0. The fourth-order valence-electron chi connectivity index (χ4n) is 1.59. The van der Waals surface area contributed by atoms with Gasteiger partial charge in [-0.15, -0.1) is 12.6 Å². The second-order valence-electron chi connectivity index (χ2n) is 3.97. The molecular weight excluding hydrogens is 215 g/mol. The average molecular weight is 240 g/mol. The first-order valence-electron chi connectivity index (χ1n) is 5.99. The number of carbonyl (C=O) groups is 1. The number of thiol groups is 1. The average Bonchev–Trinajstić information content (AvgIpc) is 2.15. The Bertz CT molecular complexity index is 145. The number of carbonyl (C=O) groups excluding carboxylic acids is 1. The van der Waals surface area contributed by atoms with E-state index in [1.165, 1.54) is 51.4 Å². The minimum Gasteiger partial charge on any atom is -1.00 e. The van der Waals surface area contributed by atoms with Gasteiger partial charge in [-0.3, -0.25) is 4.79 Å². The van der Waals surface area contributed by atoms with E-state index in [2.05, 4.69) is 19.6 Å². The molecule has 0 aromatic carbocycles. The maximum atomic E-state index is 10.5. The summed E-state index contributed by atoms with van der Waals surface area (Å²) in [5.41, 5.74) is 0. The Morgan fingerprint density at radius 3 is 1.73 bits per heavy atom. The van der Waals surface area contributed by atoms with E-state index in [-0.39, 0.29) is 36.1 Å². The van der Waals surface area contributed by atoms with Crippen molar-refractivity contribution in [2.24, 2.45) is 0 Å². The van der Waals surface area contributed by atoms with Crippen LogP contribution in [0, 0.1) is 0 Å². The predicted molar refractivity (Wildman–Crippen MR) is 66.9 cm³/mol. The standard InChI is InChI=1S/C12H24OS.Na.H/c1-2-3-4-5-6-7-8-9-10-11-12(13)14;;/h2-11H2,1H3,(H,13,14);;/q;+1;-1. The van der Waals surface area contributed by atoms with Crippen molar-refractivity contribution in [1.29, 1.82) is 0 Å². The summed E-state index contributed by atoms with van der Waals surface area (Å²) in [5.74, 6) is 0. The molecule has 0 saturated carbocycles. The van der Waals surface area contributed by atoms with Gasteiger partial charge >= 0.3 is 29.6 Å². The van der Waals surface area contributed by atoms with Crippen LogP contribution in [-0.4, -0.2) is 5.12 Å². The molecule has 0 aromatic heterocycles. The predicted octanol–water partition coefficient (Wildman–Crippen LogP) is 1.48. The molecule has 0 atom stereocenters. The van der Waals surface area contributed by atoms with E-state index < -0.39 is 0 Å². The van der Waals surface area contributed by atoms with Crippen LogP contribution in [0.5, 0.6) is 0 Å². The fourth-order valence-corrected chi connectivity index (χ4v) is 1.74. The second kappa shape index (κ2) is 15.0. The number of rotatable bonds is 10. The first-order chi connectivity index (χ1) is 6.77. The molecule has 0 radical (unpaired) electrons. The minimum absolute atomic E-state index is 0. The number of hydrogen-bond donors (Lipinski definition) is 1. The molecule has 0 spiro atoms. The summed E-state index contributed by atoms with van der Waals surface area (Å²) in [4.78, 5) is 10.5. The van der Waals surface area contributed by atoms with Crippen LogP contribution in [-0.2, 0) is 4.79 Å². The molecule has 86 valence electrons. The maximum Gasteiger partial charge on any atom is 1.00 e. The molecule has 0 rings (SSSR count). The van der Waals surface area contributed by atoms with Crippen molar-refractivity contribution >= 4 is 17.7 Å². The topological polar surface area (TPSA) is 17.1 Å². The maximum absolute atomic E-state index is 10.5. The summed E-state index contributed by atoms with van der Waals surface area (Å²) in [5, 5.41) is 0.0351. The molecule has 0 aromatic rings. The zero-order valence-corrected chi connectivity index (χ0v) is 13.3. The molecule has 1 nitrogen and oxygen atoms in total. The number of hydrogen-bond acceptors (Lipinski definition) is 1. The van der Waals surface area contributed by atoms with Crippen molar-refractivity contribution in [2.45, 2.75) is 71.1 Å². The van der Waals surface area contributed by atoms with Gasteiger partial charge in [-0.05, 0) is 6.42 Å². The Balaban J connectivity index is -0.000000845. The van der Waals surface area contributed by atoms with Crippen molar-refractivity contribution in [3.8, 4) is 0 Å². The van der Waals surface area contributed by atoms with E-state index in [0.717, 1.165) is 6.42 Å². The van der Waals surface area contributed by atoms with Crippen LogP contribution >= 0.6 is 12.6 Å². The first-order valence-corrected chi connectivity index (χ1v) is 6.44. The Kier molecular flexibility index (Phi) is 18.4. The van der Waals surface area contributed by atoms with Crippen LogP contribution < -0.4 is 29.6 Å². The molecule has 0 N–H and O–H groups in total. The summed E-state index contributed by atoms with van der Waals surface area (Å²) in [6.45, 7) is 2.24. The van der Waals surface area contributed by atoms with Crippen LogP contribution in [0.25, 0.3) is 0 Å². The zero-order chi connectivity index (χ0) is 10.6. The van der Waals surface area contributed by atoms with Gasteiger partial charge in [-0.25, -0.2) is 0 Å². The molecule has 0 saturated heterocycles. The summed E-state index contributed by atoms with van der Waals surface area (Å²) >= 11 is 3.74. The molecule has 0 aliphatic carbocycles. The van der Waals surface area contributed by atoms with E-state index in [9.17, 15) is 4.79 Å². The van der Waals surface area contributed by atoms with Crippen molar-refractivity contribution in [2.75, 3.05) is 0 Å². The molecule has 0 fully saturated rings. The van der Waals surface area contributed by atoms with Gasteiger partial charge in [0.05, 0.1) is 0 Å². The normalized spacial score (nSPS) is 9.73. The van der Waals surface area contributed by atoms with Crippen LogP contribution in [0.1, 0.15) is 72.6 Å². The molecule has 0 amide bonds. The summed E-state index contributed by atoms with van der Waals surface area (Å²) in [6.07, 6.45) is 12.4. The van der Waals surface area contributed by atoms with Crippen LogP contribution in [0.15, 0.2) is 0 Å². The van der Waals surface area contributed by atoms with Gasteiger partial charge in [-0.1, -0.05) is 58.3 Å². The van der Waals surface area contributed by atoms with Crippen LogP contribution in [0.3, 0.4) is 0 Å². The minimum atomic E-state index is 0. The molecule has 0 bridgehead atoms. The van der Waals surface area contributed by atoms with Gasteiger partial charge < -0.3 is 1.43 Å².